The summed E-state index contributed by atoms with van der Waals surface area (Å²) in [5.41, 5.74) is 1.38. The summed E-state index contributed by atoms with van der Waals surface area (Å²) < 4.78 is 7.28. The first-order valence-corrected chi connectivity index (χ1v) is 8.61. The fourth-order valence-corrected chi connectivity index (χ4v) is 3.16. The Bertz CT molecular complexity index is 880. The van der Waals surface area contributed by atoms with Gasteiger partial charge in [0.1, 0.15) is 5.69 Å². The average molecular weight is 312 g/mol. The molecule has 5 heteroatoms. The number of benzene rings is 1. The minimum Gasteiger partial charge on any atom is -0.463 e. The van der Waals surface area contributed by atoms with Gasteiger partial charge < -0.3 is 4.42 Å². The lowest BCUT2D eigenvalue weighted by molar-refractivity contribution is 0.576. The molecule has 0 aliphatic heterocycles. The van der Waals surface area contributed by atoms with Crippen LogP contribution in [0, 0.1) is 5.92 Å². The van der Waals surface area contributed by atoms with Gasteiger partial charge >= 0.3 is 5.69 Å². The number of hydrogen-bond donors (Lipinski definition) is 0. The van der Waals surface area contributed by atoms with Gasteiger partial charge in [0.2, 0.25) is 0 Å². The van der Waals surface area contributed by atoms with Crippen LogP contribution < -0.4 is 5.69 Å². The topological polar surface area (TPSA) is 48.0 Å². The molecule has 4 rings (SSSR count). The maximum atomic E-state index is 12.5. The second kappa shape index (κ2) is 5.32. The van der Waals surface area contributed by atoms with E-state index in [9.17, 15) is 4.79 Å². The van der Waals surface area contributed by atoms with Gasteiger partial charge in [0.05, 0.1) is 11.8 Å². The Morgan fingerprint density at radius 2 is 2.23 bits per heavy atom. The fourth-order valence-electron chi connectivity index (χ4n) is 2.72. The van der Waals surface area contributed by atoms with E-state index in [0.29, 0.717) is 17.4 Å². The van der Waals surface area contributed by atoms with E-state index in [1.54, 1.807) is 18.0 Å². The number of furan rings is 1. The molecule has 3 aromatic rings. The summed E-state index contributed by atoms with van der Waals surface area (Å²) in [7, 11) is 0. The Balaban J connectivity index is 2.00. The van der Waals surface area contributed by atoms with Crippen LogP contribution in [0.1, 0.15) is 12.8 Å². The maximum absolute atomic E-state index is 12.5. The molecule has 112 valence electrons. The highest BCUT2D eigenvalue weighted by Gasteiger charge is 2.24. The first-order valence-electron chi connectivity index (χ1n) is 7.39. The summed E-state index contributed by atoms with van der Waals surface area (Å²) in [5, 5.41) is 0.974. The Kier molecular flexibility index (Phi) is 3.30. The van der Waals surface area contributed by atoms with Crippen LogP contribution in [0.2, 0.25) is 0 Å². The second-order valence-corrected chi connectivity index (χ2v) is 6.54. The number of thioether (sulfide) groups is 1. The van der Waals surface area contributed by atoms with E-state index < -0.39 is 0 Å². The van der Waals surface area contributed by atoms with Crippen molar-refractivity contribution in [1.29, 1.82) is 0 Å². The quantitative estimate of drug-likeness (QED) is 0.688. The molecule has 0 radical (unpaired) electrons. The normalized spacial score (nSPS) is 14.6. The van der Waals surface area contributed by atoms with Crippen LogP contribution in [0.15, 0.2) is 50.7 Å². The molecule has 0 saturated heterocycles. The Morgan fingerprint density at radius 3 is 2.91 bits per heavy atom. The Hall–Kier alpha value is -2.01. The maximum Gasteiger partial charge on any atom is 0.348 e. The Morgan fingerprint density at radius 1 is 1.36 bits per heavy atom. The van der Waals surface area contributed by atoms with E-state index in [2.05, 4.69) is 17.1 Å². The van der Waals surface area contributed by atoms with Crippen LogP contribution in [-0.4, -0.2) is 15.8 Å². The summed E-state index contributed by atoms with van der Waals surface area (Å²) in [6, 6.07) is 9.84. The number of nitrogens with zero attached hydrogens (tertiary/aromatic N) is 2. The lowest BCUT2D eigenvalue weighted by Crippen LogP contribution is -2.24. The van der Waals surface area contributed by atoms with Gasteiger partial charge in [-0.1, -0.05) is 0 Å². The second-order valence-electron chi connectivity index (χ2n) is 5.66. The highest BCUT2D eigenvalue weighted by atomic mass is 32.2. The number of fused-ring (bicyclic) bond motifs is 1. The number of aromatic nitrogens is 2. The minimum absolute atomic E-state index is 0.192. The lowest BCUT2D eigenvalue weighted by atomic mass is 10.1. The van der Waals surface area contributed by atoms with Crippen LogP contribution in [0.25, 0.3) is 22.4 Å². The Labute approximate surface area is 132 Å². The van der Waals surface area contributed by atoms with Gasteiger partial charge in [-0.25, -0.2) is 4.79 Å². The molecular weight excluding hydrogens is 296 g/mol. The predicted octanol–water partition coefficient (Wildman–Crippen LogP) is 3.79. The van der Waals surface area contributed by atoms with E-state index in [0.717, 1.165) is 22.3 Å². The third kappa shape index (κ3) is 2.35. The smallest absolute Gasteiger partial charge is 0.348 e. The SMILES string of the molecule is CSc1ccc2c(c1)c(-c1ccco1)nc(=O)n2CC1CC1. The number of rotatable bonds is 4. The summed E-state index contributed by atoms with van der Waals surface area (Å²) in [4.78, 5) is 17.9. The predicted molar refractivity (Wildman–Crippen MR) is 88.2 cm³/mol. The largest absolute Gasteiger partial charge is 0.463 e. The highest BCUT2D eigenvalue weighted by molar-refractivity contribution is 7.98. The standard InChI is InChI=1S/C17H16N2O2S/c1-22-12-6-7-14-13(9-12)16(15-3-2-8-21-15)18-17(20)19(14)10-11-4-5-11/h2-3,6-9,11H,4-5,10H2,1H3. The number of hydrogen-bond acceptors (Lipinski definition) is 4. The van der Waals surface area contributed by atoms with Gasteiger partial charge in [0, 0.05) is 16.8 Å². The van der Waals surface area contributed by atoms with E-state index in [4.69, 9.17) is 4.42 Å². The molecule has 0 spiro atoms. The molecule has 0 atom stereocenters. The molecule has 4 nitrogen and oxygen atoms in total. The molecule has 1 fully saturated rings. The van der Waals surface area contributed by atoms with Crippen molar-refractivity contribution in [3.63, 3.8) is 0 Å². The van der Waals surface area contributed by atoms with E-state index in [-0.39, 0.29) is 5.69 Å². The van der Waals surface area contributed by atoms with E-state index >= 15 is 0 Å². The van der Waals surface area contributed by atoms with Crippen molar-refractivity contribution in [2.45, 2.75) is 24.3 Å². The van der Waals surface area contributed by atoms with Gasteiger partial charge in [-0.2, -0.15) is 4.98 Å². The molecule has 0 unspecified atom stereocenters. The molecule has 2 aromatic heterocycles. The van der Waals surface area contributed by atoms with Gasteiger partial charge in [0.25, 0.3) is 0 Å². The van der Waals surface area contributed by atoms with Crippen LogP contribution in [0.3, 0.4) is 0 Å². The van der Waals surface area contributed by atoms with Crippen molar-refractivity contribution in [2.24, 2.45) is 5.92 Å². The first-order chi connectivity index (χ1) is 10.8. The van der Waals surface area contributed by atoms with Crippen molar-refractivity contribution >= 4 is 22.7 Å². The summed E-state index contributed by atoms with van der Waals surface area (Å²) in [6.07, 6.45) is 6.06. The monoisotopic (exact) mass is 312 g/mol. The fraction of sp³-hybridized carbons (Fsp3) is 0.294. The van der Waals surface area contributed by atoms with Crippen molar-refractivity contribution in [3.05, 3.63) is 47.1 Å². The van der Waals surface area contributed by atoms with E-state index in [1.807, 2.05) is 29.0 Å². The minimum atomic E-state index is -0.192. The van der Waals surface area contributed by atoms with Crippen molar-refractivity contribution in [2.75, 3.05) is 6.26 Å². The van der Waals surface area contributed by atoms with Crippen molar-refractivity contribution in [3.8, 4) is 11.5 Å². The van der Waals surface area contributed by atoms with Gasteiger partial charge in [0.15, 0.2) is 5.76 Å². The molecule has 1 aromatic carbocycles. The molecule has 0 bridgehead atoms. The summed E-state index contributed by atoms with van der Waals surface area (Å²) in [5.74, 6) is 1.26. The van der Waals surface area contributed by atoms with Crippen LogP contribution >= 0.6 is 11.8 Å². The molecule has 1 saturated carbocycles. The van der Waals surface area contributed by atoms with Gasteiger partial charge in [-0.15, -0.1) is 11.8 Å². The third-order valence-electron chi connectivity index (χ3n) is 4.08. The van der Waals surface area contributed by atoms with Crippen molar-refractivity contribution < 1.29 is 4.42 Å². The molecule has 1 aliphatic carbocycles. The van der Waals surface area contributed by atoms with Gasteiger partial charge in [-0.3, -0.25) is 4.57 Å². The zero-order chi connectivity index (χ0) is 15.1. The zero-order valence-corrected chi connectivity index (χ0v) is 13.1. The van der Waals surface area contributed by atoms with Crippen LogP contribution in [-0.2, 0) is 6.54 Å². The molecule has 0 amide bonds. The van der Waals surface area contributed by atoms with Crippen molar-refractivity contribution in [1.82, 2.24) is 9.55 Å². The molecule has 0 N–H and O–H groups in total. The summed E-state index contributed by atoms with van der Waals surface area (Å²) >= 11 is 1.68. The highest BCUT2D eigenvalue weighted by Crippen LogP contribution is 2.33. The molecule has 2 heterocycles. The molecule has 1 aliphatic rings. The zero-order valence-electron chi connectivity index (χ0n) is 12.3. The molecule has 22 heavy (non-hydrogen) atoms. The average Bonchev–Trinajstić information content (AvgIpc) is 3.19. The van der Waals surface area contributed by atoms with Crippen LogP contribution in [0.5, 0.6) is 0 Å². The third-order valence-corrected chi connectivity index (χ3v) is 4.81. The molecular formula is C17H16N2O2S. The van der Waals surface area contributed by atoms with Crippen LogP contribution in [0.4, 0.5) is 0 Å². The first kappa shape index (κ1) is 13.6. The van der Waals surface area contributed by atoms with E-state index in [1.165, 1.54) is 12.8 Å². The summed E-state index contributed by atoms with van der Waals surface area (Å²) in [6.45, 7) is 0.763. The van der Waals surface area contributed by atoms with Gasteiger partial charge in [-0.05, 0) is 55.3 Å². The lowest BCUT2D eigenvalue weighted by Gasteiger charge is -2.12.